The molecule has 6 heteroatoms. The van der Waals surface area contributed by atoms with Crippen molar-refractivity contribution >= 4 is 40.3 Å². The minimum atomic E-state index is -0.513. The van der Waals surface area contributed by atoms with Crippen LogP contribution in [0.15, 0.2) is 72.6 Å². The van der Waals surface area contributed by atoms with Gasteiger partial charge in [-0.25, -0.2) is 4.79 Å². The van der Waals surface area contributed by atoms with Crippen LogP contribution in [0.2, 0.25) is 5.02 Å². The van der Waals surface area contributed by atoms with E-state index in [1.54, 1.807) is 49.4 Å². The number of carbonyl (C=O) groups is 2. The molecule has 2 heterocycles. The van der Waals surface area contributed by atoms with Crippen LogP contribution in [0.3, 0.4) is 0 Å². The fourth-order valence-electron chi connectivity index (χ4n) is 3.85. The summed E-state index contributed by atoms with van der Waals surface area (Å²) in [6.45, 7) is 1.76. The number of carbonyl (C=O) groups excluding carboxylic acids is 2. The van der Waals surface area contributed by atoms with E-state index in [0.717, 1.165) is 16.5 Å². The van der Waals surface area contributed by atoms with Crippen LogP contribution in [0, 0.1) is 6.92 Å². The van der Waals surface area contributed by atoms with Crippen LogP contribution < -0.4 is 9.47 Å². The zero-order chi connectivity index (χ0) is 22.4. The number of rotatable bonds is 3. The summed E-state index contributed by atoms with van der Waals surface area (Å²) in [4.78, 5) is 25.5. The number of allylic oxidation sites excluding steroid dienone is 1. The molecular weight excluding hydrogens is 426 g/mol. The quantitative estimate of drug-likeness (QED) is 0.222. The molecule has 4 aromatic rings. The second-order valence-corrected chi connectivity index (χ2v) is 8.05. The van der Waals surface area contributed by atoms with Crippen molar-refractivity contribution in [3.8, 4) is 11.5 Å². The Hall–Kier alpha value is -3.83. The van der Waals surface area contributed by atoms with Gasteiger partial charge >= 0.3 is 5.97 Å². The highest BCUT2D eigenvalue weighted by Gasteiger charge is 2.31. The number of halogens is 1. The molecule has 1 aromatic heterocycles. The molecule has 158 valence electrons. The molecule has 0 spiro atoms. The Kier molecular flexibility index (Phi) is 4.83. The van der Waals surface area contributed by atoms with Crippen molar-refractivity contribution in [2.45, 2.75) is 6.92 Å². The second-order valence-electron chi connectivity index (χ2n) is 7.61. The van der Waals surface area contributed by atoms with E-state index in [2.05, 4.69) is 0 Å². The molecular formula is C26H18ClNO4. The molecule has 5 nitrogen and oxygen atoms in total. The average Bonchev–Trinajstić information content (AvgIpc) is 3.28. The number of Topliss-reactive ketones (excluding diaryl/α,β-unsaturated/α-hetero) is 1. The summed E-state index contributed by atoms with van der Waals surface area (Å²) in [5, 5.41) is 1.57. The number of hydrogen-bond donors (Lipinski definition) is 0. The van der Waals surface area contributed by atoms with Crippen LogP contribution in [-0.2, 0) is 7.05 Å². The summed E-state index contributed by atoms with van der Waals surface area (Å²) >= 11 is 5.88. The molecule has 32 heavy (non-hydrogen) atoms. The minimum Gasteiger partial charge on any atom is -0.452 e. The normalized spacial score (nSPS) is 14.0. The molecule has 0 unspecified atom stereocenters. The summed E-state index contributed by atoms with van der Waals surface area (Å²) < 4.78 is 13.5. The Morgan fingerprint density at radius 3 is 2.59 bits per heavy atom. The summed E-state index contributed by atoms with van der Waals surface area (Å²) in [5.41, 5.74) is 3.36. The van der Waals surface area contributed by atoms with Crippen LogP contribution in [-0.4, -0.2) is 16.3 Å². The molecule has 5 rings (SSSR count). The smallest absolute Gasteiger partial charge is 0.343 e. The van der Waals surface area contributed by atoms with Crippen molar-refractivity contribution < 1.29 is 19.1 Å². The molecule has 0 saturated carbocycles. The van der Waals surface area contributed by atoms with Crippen LogP contribution in [0.1, 0.15) is 31.8 Å². The molecule has 0 atom stereocenters. The van der Waals surface area contributed by atoms with Gasteiger partial charge in [-0.15, -0.1) is 0 Å². The Labute approximate surface area is 189 Å². The van der Waals surface area contributed by atoms with Crippen molar-refractivity contribution in [1.29, 1.82) is 0 Å². The van der Waals surface area contributed by atoms with Gasteiger partial charge in [0.05, 0.1) is 11.1 Å². The fourth-order valence-corrected chi connectivity index (χ4v) is 3.98. The van der Waals surface area contributed by atoms with E-state index in [0.29, 0.717) is 33.2 Å². The molecule has 0 saturated heterocycles. The zero-order valence-corrected chi connectivity index (χ0v) is 18.1. The Bertz CT molecular complexity index is 1430. The highest BCUT2D eigenvalue weighted by molar-refractivity contribution is 6.30. The lowest BCUT2D eigenvalue weighted by molar-refractivity contribution is 0.0733. The first-order chi connectivity index (χ1) is 15.4. The van der Waals surface area contributed by atoms with E-state index in [9.17, 15) is 9.59 Å². The number of ketones is 1. The zero-order valence-electron chi connectivity index (χ0n) is 17.4. The third-order valence-corrected chi connectivity index (χ3v) is 5.79. The van der Waals surface area contributed by atoms with E-state index >= 15 is 0 Å². The van der Waals surface area contributed by atoms with Crippen LogP contribution in [0.5, 0.6) is 11.5 Å². The number of benzene rings is 3. The Morgan fingerprint density at radius 1 is 1.06 bits per heavy atom. The van der Waals surface area contributed by atoms with E-state index in [4.69, 9.17) is 21.1 Å². The van der Waals surface area contributed by atoms with Crippen molar-refractivity contribution in [3.63, 3.8) is 0 Å². The van der Waals surface area contributed by atoms with Crippen LogP contribution in [0.4, 0.5) is 0 Å². The van der Waals surface area contributed by atoms with Crippen LogP contribution in [0.25, 0.3) is 17.0 Å². The van der Waals surface area contributed by atoms with E-state index < -0.39 is 5.97 Å². The third kappa shape index (κ3) is 3.37. The van der Waals surface area contributed by atoms with Crippen molar-refractivity contribution in [2.24, 2.45) is 7.05 Å². The summed E-state index contributed by atoms with van der Waals surface area (Å²) in [7, 11) is 1.96. The summed E-state index contributed by atoms with van der Waals surface area (Å²) in [6, 6.07) is 17.6. The lowest BCUT2D eigenvalue weighted by Gasteiger charge is -2.10. The van der Waals surface area contributed by atoms with Gasteiger partial charge in [-0.05, 0) is 55.5 Å². The largest absolute Gasteiger partial charge is 0.452 e. The van der Waals surface area contributed by atoms with Gasteiger partial charge in [0.15, 0.2) is 5.76 Å². The molecule has 1 aliphatic rings. The van der Waals surface area contributed by atoms with Gasteiger partial charge in [0, 0.05) is 40.3 Å². The van der Waals surface area contributed by atoms with Gasteiger partial charge in [-0.2, -0.15) is 0 Å². The van der Waals surface area contributed by atoms with Crippen molar-refractivity contribution in [3.05, 3.63) is 99.9 Å². The number of nitrogens with zero attached hydrogens (tertiary/aromatic N) is 1. The molecule has 0 aliphatic carbocycles. The predicted octanol–water partition coefficient (Wildman–Crippen LogP) is 5.98. The average molecular weight is 444 g/mol. The number of esters is 1. The van der Waals surface area contributed by atoms with Gasteiger partial charge in [0.25, 0.3) is 0 Å². The van der Waals surface area contributed by atoms with Crippen molar-refractivity contribution in [2.75, 3.05) is 0 Å². The third-order valence-electron chi connectivity index (χ3n) is 5.53. The Balaban J connectivity index is 1.46. The molecule has 0 bridgehead atoms. The lowest BCUT2D eigenvalue weighted by atomic mass is 10.1. The molecule has 0 fully saturated rings. The van der Waals surface area contributed by atoms with E-state index in [1.165, 1.54) is 0 Å². The van der Waals surface area contributed by atoms with Gasteiger partial charge in [-0.1, -0.05) is 29.8 Å². The lowest BCUT2D eigenvalue weighted by Crippen LogP contribution is -2.09. The SMILES string of the molecule is Cc1c(OC(=O)c2ccc(Cl)cc2)ccc2c1OC(=Cc1cn(C)c3ccccc13)C2=O. The maximum atomic E-state index is 13.0. The second kappa shape index (κ2) is 7.70. The molecule has 3 aromatic carbocycles. The maximum absolute atomic E-state index is 13.0. The van der Waals surface area contributed by atoms with Gasteiger partial charge < -0.3 is 14.0 Å². The van der Waals surface area contributed by atoms with Crippen molar-refractivity contribution in [1.82, 2.24) is 4.57 Å². The first kappa shape index (κ1) is 20.1. The maximum Gasteiger partial charge on any atom is 0.343 e. The molecule has 0 N–H and O–H groups in total. The molecule has 0 radical (unpaired) electrons. The molecule has 0 amide bonds. The standard InChI is InChI=1S/C26H18ClNO4/c1-15-22(32-26(30)16-7-9-18(27)10-8-16)12-11-20-24(29)23(31-25(15)20)13-17-14-28(2)21-6-4-3-5-19(17)21/h3-14H,1-2H3. The number of ether oxygens (including phenoxy) is 2. The Morgan fingerprint density at radius 2 is 1.81 bits per heavy atom. The monoisotopic (exact) mass is 443 g/mol. The van der Waals surface area contributed by atoms with E-state index in [-0.39, 0.29) is 11.5 Å². The topological polar surface area (TPSA) is 57.5 Å². The van der Waals surface area contributed by atoms with E-state index in [1.807, 2.05) is 42.1 Å². The number of para-hydroxylation sites is 1. The van der Waals surface area contributed by atoms with Gasteiger partial charge in [0.2, 0.25) is 5.78 Å². The molecule has 1 aliphatic heterocycles. The minimum absolute atomic E-state index is 0.202. The predicted molar refractivity (Wildman–Crippen MR) is 123 cm³/mol. The van der Waals surface area contributed by atoms with Crippen LogP contribution >= 0.6 is 11.6 Å². The highest BCUT2D eigenvalue weighted by Crippen LogP contribution is 2.40. The summed E-state index contributed by atoms with van der Waals surface area (Å²) in [6.07, 6.45) is 3.72. The van der Waals surface area contributed by atoms with Gasteiger partial charge in [0.1, 0.15) is 11.5 Å². The number of fused-ring (bicyclic) bond motifs is 2. The van der Waals surface area contributed by atoms with Gasteiger partial charge in [-0.3, -0.25) is 4.79 Å². The number of hydrogen-bond acceptors (Lipinski definition) is 4. The first-order valence-electron chi connectivity index (χ1n) is 10.0. The number of aromatic nitrogens is 1. The summed E-state index contributed by atoms with van der Waals surface area (Å²) in [5.74, 6) is 0.263. The highest BCUT2D eigenvalue weighted by atomic mass is 35.5. The number of aryl methyl sites for hydroxylation is 1. The fraction of sp³-hybridized carbons (Fsp3) is 0.0769. The first-order valence-corrected chi connectivity index (χ1v) is 10.4.